The summed E-state index contributed by atoms with van der Waals surface area (Å²) < 4.78 is 10.6. The van der Waals surface area contributed by atoms with Crippen LogP contribution in [0, 0.1) is 0 Å². The number of methoxy groups -OCH3 is 2. The Morgan fingerprint density at radius 1 is 1.00 bits per heavy atom. The van der Waals surface area contributed by atoms with E-state index in [1.165, 1.54) is 0 Å². The normalized spacial score (nSPS) is 23.2. The lowest BCUT2D eigenvalue weighted by Gasteiger charge is -2.37. The Hall–Kier alpha value is -2.04. The van der Waals surface area contributed by atoms with E-state index in [9.17, 15) is 10.2 Å². The number of benzene rings is 2. The van der Waals surface area contributed by atoms with Crippen LogP contribution in [0.15, 0.2) is 36.4 Å². The van der Waals surface area contributed by atoms with E-state index in [-0.39, 0.29) is 0 Å². The van der Waals surface area contributed by atoms with Crippen LogP contribution in [-0.2, 0) is 5.60 Å². The molecule has 0 aromatic heterocycles. The molecule has 0 spiro atoms. The summed E-state index contributed by atoms with van der Waals surface area (Å²) in [6, 6.07) is 11.1. The number of hydrogen-bond donors (Lipinski definition) is 2. The lowest BCUT2D eigenvalue weighted by Crippen LogP contribution is -2.33. The Morgan fingerprint density at radius 3 is 2.29 bits per heavy atom. The highest BCUT2D eigenvalue weighted by atomic mass is 16.5. The maximum Gasteiger partial charge on any atom is 0.161 e. The van der Waals surface area contributed by atoms with Crippen LogP contribution in [0.5, 0.6) is 11.5 Å². The molecule has 0 radical (unpaired) electrons. The van der Waals surface area contributed by atoms with Crippen LogP contribution in [0.1, 0.15) is 24.2 Å². The van der Waals surface area contributed by atoms with Crippen molar-refractivity contribution in [3.63, 3.8) is 0 Å². The highest BCUT2D eigenvalue weighted by Gasteiger charge is 2.41. The molecule has 0 bridgehead atoms. The summed E-state index contributed by atoms with van der Waals surface area (Å²) >= 11 is 0. The Morgan fingerprint density at radius 2 is 1.62 bits per heavy atom. The van der Waals surface area contributed by atoms with Gasteiger partial charge in [-0.3, -0.25) is 0 Å². The Labute approximate surface area is 123 Å². The monoisotopic (exact) mass is 286 g/mol. The maximum atomic E-state index is 10.7. The van der Waals surface area contributed by atoms with Gasteiger partial charge in [0.25, 0.3) is 0 Å². The van der Waals surface area contributed by atoms with Crippen LogP contribution < -0.4 is 9.47 Å². The van der Waals surface area contributed by atoms with Gasteiger partial charge in [-0.05, 0) is 41.3 Å². The summed E-state index contributed by atoms with van der Waals surface area (Å²) in [7, 11) is 3.12. The van der Waals surface area contributed by atoms with Crippen LogP contribution >= 0.6 is 0 Å². The standard InChI is InChI=1S/C17H18O4/c1-17(19)13-7-5-4-6-10(13)11-8-14(20-2)15(21-3)9-12(11)16(17)18/h4-9,16,18-19H,1-3H3/t16-,17+/m0/s1. The molecule has 0 unspecified atom stereocenters. The van der Waals surface area contributed by atoms with Crippen molar-refractivity contribution >= 4 is 0 Å². The number of aliphatic hydroxyl groups is 2. The second kappa shape index (κ2) is 4.76. The molecule has 1 aliphatic carbocycles. The smallest absolute Gasteiger partial charge is 0.161 e. The van der Waals surface area contributed by atoms with E-state index in [1.807, 2.05) is 30.3 Å². The van der Waals surface area contributed by atoms with Crippen LogP contribution in [0.3, 0.4) is 0 Å². The summed E-state index contributed by atoms with van der Waals surface area (Å²) in [5.74, 6) is 1.13. The molecule has 2 N–H and O–H groups in total. The number of ether oxygens (including phenoxy) is 2. The molecule has 4 heteroatoms. The molecular formula is C17H18O4. The van der Waals surface area contributed by atoms with Crippen molar-refractivity contribution < 1.29 is 19.7 Å². The largest absolute Gasteiger partial charge is 0.493 e. The predicted molar refractivity (Wildman–Crippen MR) is 79.5 cm³/mol. The molecule has 0 saturated carbocycles. The Balaban J connectivity index is 2.33. The highest BCUT2D eigenvalue weighted by molar-refractivity contribution is 5.78. The molecule has 0 heterocycles. The predicted octanol–water partition coefficient (Wildman–Crippen LogP) is 2.63. The second-order valence-electron chi connectivity index (χ2n) is 5.39. The van der Waals surface area contributed by atoms with E-state index in [4.69, 9.17) is 9.47 Å². The molecule has 4 nitrogen and oxygen atoms in total. The van der Waals surface area contributed by atoms with E-state index in [0.29, 0.717) is 22.6 Å². The van der Waals surface area contributed by atoms with Gasteiger partial charge in [0.2, 0.25) is 0 Å². The van der Waals surface area contributed by atoms with Crippen molar-refractivity contribution in [3.05, 3.63) is 47.5 Å². The molecule has 0 fully saturated rings. The fraction of sp³-hybridized carbons (Fsp3) is 0.294. The molecule has 2 aromatic carbocycles. The van der Waals surface area contributed by atoms with Gasteiger partial charge in [-0.1, -0.05) is 24.3 Å². The zero-order valence-corrected chi connectivity index (χ0v) is 12.3. The lowest BCUT2D eigenvalue weighted by molar-refractivity contribution is -0.0704. The van der Waals surface area contributed by atoms with E-state index >= 15 is 0 Å². The second-order valence-corrected chi connectivity index (χ2v) is 5.39. The average Bonchev–Trinajstić information content (AvgIpc) is 2.51. The zero-order valence-electron chi connectivity index (χ0n) is 12.3. The van der Waals surface area contributed by atoms with E-state index in [0.717, 1.165) is 11.1 Å². The number of rotatable bonds is 2. The number of fused-ring (bicyclic) bond motifs is 3. The molecule has 1 aliphatic rings. The first-order valence-electron chi connectivity index (χ1n) is 6.77. The van der Waals surface area contributed by atoms with Crippen LogP contribution in [0.25, 0.3) is 11.1 Å². The zero-order chi connectivity index (χ0) is 15.2. The minimum absolute atomic E-state index is 0.533. The molecule has 2 atom stereocenters. The fourth-order valence-corrected chi connectivity index (χ4v) is 2.96. The molecule has 0 amide bonds. The topological polar surface area (TPSA) is 58.9 Å². The van der Waals surface area contributed by atoms with Gasteiger partial charge in [0.05, 0.1) is 14.2 Å². The van der Waals surface area contributed by atoms with Crippen molar-refractivity contribution in [2.75, 3.05) is 14.2 Å². The van der Waals surface area contributed by atoms with Crippen molar-refractivity contribution in [2.24, 2.45) is 0 Å². The third-order valence-electron chi connectivity index (χ3n) is 4.15. The van der Waals surface area contributed by atoms with Crippen molar-refractivity contribution in [1.82, 2.24) is 0 Å². The first kappa shape index (κ1) is 13.9. The van der Waals surface area contributed by atoms with Crippen LogP contribution in [0.4, 0.5) is 0 Å². The SMILES string of the molecule is COc1cc2c(cc1OC)[C@H](O)[C@](C)(O)c1ccccc1-2. The summed E-state index contributed by atoms with van der Waals surface area (Å²) in [5, 5.41) is 21.3. The number of hydrogen-bond acceptors (Lipinski definition) is 4. The summed E-state index contributed by atoms with van der Waals surface area (Å²) in [6.45, 7) is 1.62. The first-order chi connectivity index (χ1) is 10.0. The third-order valence-corrected chi connectivity index (χ3v) is 4.15. The van der Waals surface area contributed by atoms with Crippen molar-refractivity contribution in [2.45, 2.75) is 18.6 Å². The molecule has 0 saturated heterocycles. The van der Waals surface area contributed by atoms with Crippen LogP contribution in [-0.4, -0.2) is 24.4 Å². The van der Waals surface area contributed by atoms with Gasteiger partial charge in [-0.25, -0.2) is 0 Å². The third kappa shape index (κ3) is 1.91. The molecule has 2 aromatic rings. The quantitative estimate of drug-likeness (QED) is 0.891. The number of aliphatic hydroxyl groups excluding tert-OH is 1. The molecule has 110 valence electrons. The molecule has 0 aliphatic heterocycles. The highest BCUT2D eigenvalue weighted by Crippen LogP contribution is 2.50. The van der Waals surface area contributed by atoms with Gasteiger partial charge in [0.15, 0.2) is 11.5 Å². The molecular weight excluding hydrogens is 268 g/mol. The molecule has 3 rings (SSSR count). The summed E-state index contributed by atoms with van der Waals surface area (Å²) in [4.78, 5) is 0. The van der Waals surface area contributed by atoms with Gasteiger partial charge in [0.1, 0.15) is 11.7 Å². The van der Waals surface area contributed by atoms with Gasteiger partial charge in [-0.15, -0.1) is 0 Å². The van der Waals surface area contributed by atoms with E-state index < -0.39 is 11.7 Å². The first-order valence-corrected chi connectivity index (χ1v) is 6.77. The van der Waals surface area contributed by atoms with Crippen molar-refractivity contribution in [1.29, 1.82) is 0 Å². The van der Waals surface area contributed by atoms with Gasteiger partial charge in [-0.2, -0.15) is 0 Å². The maximum absolute atomic E-state index is 10.7. The Bertz CT molecular complexity index is 691. The Kier molecular flexibility index (Phi) is 3.15. The summed E-state index contributed by atoms with van der Waals surface area (Å²) in [6.07, 6.45) is -1.03. The summed E-state index contributed by atoms with van der Waals surface area (Å²) in [5.41, 5.74) is 1.74. The van der Waals surface area contributed by atoms with Gasteiger partial charge >= 0.3 is 0 Å². The fourth-order valence-electron chi connectivity index (χ4n) is 2.96. The van der Waals surface area contributed by atoms with E-state index in [2.05, 4.69) is 0 Å². The minimum Gasteiger partial charge on any atom is -0.493 e. The van der Waals surface area contributed by atoms with Gasteiger partial charge < -0.3 is 19.7 Å². The van der Waals surface area contributed by atoms with Crippen molar-refractivity contribution in [3.8, 4) is 22.6 Å². The van der Waals surface area contributed by atoms with E-state index in [1.54, 1.807) is 27.2 Å². The minimum atomic E-state index is -1.34. The van der Waals surface area contributed by atoms with Gasteiger partial charge in [0, 0.05) is 0 Å². The lowest BCUT2D eigenvalue weighted by atomic mass is 9.74. The average molecular weight is 286 g/mol. The van der Waals surface area contributed by atoms with Crippen LogP contribution in [0.2, 0.25) is 0 Å². The molecule has 21 heavy (non-hydrogen) atoms.